The van der Waals surface area contributed by atoms with Crippen LogP contribution in [0.2, 0.25) is 0 Å². The number of hydrogen-bond donors (Lipinski definition) is 1. The molecule has 6 heteroatoms. The molecule has 1 atom stereocenters. The van der Waals surface area contributed by atoms with E-state index in [4.69, 9.17) is 0 Å². The largest absolute Gasteiger partial charge is 0.339 e. The van der Waals surface area contributed by atoms with Crippen LogP contribution in [0.3, 0.4) is 0 Å². The second kappa shape index (κ2) is 6.15. The zero-order valence-corrected chi connectivity index (χ0v) is 13.3. The van der Waals surface area contributed by atoms with Gasteiger partial charge in [0.15, 0.2) is 0 Å². The Morgan fingerprint density at radius 3 is 2.71 bits per heavy atom. The summed E-state index contributed by atoms with van der Waals surface area (Å²) in [6, 6.07) is 7.64. The molecule has 0 aliphatic carbocycles. The van der Waals surface area contributed by atoms with Crippen molar-refractivity contribution in [3.63, 3.8) is 0 Å². The lowest BCUT2D eigenvalue weighted by molar-refractivity contribution is -0.140. The SMILES string of the molecule is O=C(C1CCN(c2cccc(Br)c2)C1=O)N1CCNCC1. The Morgan fingerprint density at radius 1 is 1.24 bits per heavy atom. The van der Waals surface area contributed by atoms with Crippen LogP contribution in [0.5, 0.6) is 0 Å². The van der Waals surface area contributed by atoms with Crippen molar-refractivity contribution in [2.24, 2.45) is 5.92 Å². The molecule has 1 unspecified atom stereocenters. The van der Waals surface area contributed by atoms with Crippen molar-refractivity contribution in [3.8, 4) is 0 Å². The summed E-state index contributed by atoms with van der Waals surface area (Å²) in [7, 11) is 0. The van der Waals surface area contributed by atoms with E-state index in [-0.39, 0.29) is 11.8 Å². The van der Waals surface area contributed by atoms with E-state index in [1.165, 1.54) is 0 Å². The Kier molecular flexibility index (Phi) is 4.26. The van der Waals surface area contributed by atoms with E-state index < -0.39 is 5.92 Å². The van der Waals surface area contributed by atoms with Crippen molar-refractivity contribution < 1.29 is 9.59 Å². The molecule has 0 bridgehead atoms. The monoisotopic (exact) mass is 351 g/mol. The molecular formula is C15H18BrN3O2. The Morgan fingerprint density at radius 2 is 2.00 bits per heavy atom. The van der Waals surface area contributed by atoms with Gasteiger partial charge < -0.3 is 15.1 Å². The molecule has 0 saturated carbocycles. The van der Waals surface area contributed by atoms with Crippen molar-refractivity contribution in [1.82, 2.24) is 10.2 Å². The number of nitrogens with one attached hydrogen (secondary N) is 1. The van der Waals surface area contributed by atoms with Gasteiger partial charge in [-0.25, -0.2) is 0 Å². The molecule has 1 aromatic rings. The molecule has 2 aliphatic heterocycles. The first kappa shape index (κ1) is 14.5. The molecule has 5 nitrogen and oxygen atoms in total. The number of amides is 2. The Labute approximate surface area is 132 Å². The van der Waals surface area contributed by atoms with Gasteiger partial charge in [0.05, 0.1) is 0 Å². The van der Waals surface area contributed by atoms with Gasteiger partial charge in [0, 0.05) is 42.9 Å². The lowest BCUT2D eigenvalue weighted by Gasteiger charge is -2.29. The fourth-order valence-corrected chi connectivity index (χ4v) is 3.30. The molecule has 3 rings (SSSR count). The molecule has 1 N–H and O–H groups in total. The highest BCUT2D eigenvalue weighted by Gasteiger charge is 2.39. The summed E-state index contributed by atoms with van der Waals surface area (Å²) in [5.41, 5.74) is 0.852. The van der Waals surface area contributed by atoms with Crippen LogP contribution in [0.1, 0.15) is 6.42 Å². The summed E-state index contributed by atoms with van der Waals surface area (Å²) >= 11 is 3.42. The van der Waals surface area contributed by atoms with Gasteiger partial charge in [0.2, 0.25) is 11.8 Å². The van der Waals surface area contributed by atoms with Crippen molar-refractivity contribution in [3.05, 3.63) is 28.7 Å². The van der Waals surface area contributed by atoms with Gasteiger partial charge in [-0.1, -0.05) is 22.0 Å². The Hall–Kier alpha value is -1.40. The highest BCUT2D eigenvalue weighted by Crippen LogP contribution is 2.28. The minimum atomic E-state index is -0.512. The van der Waals surface area contributed by atoms with Crippen LogP contribution in [0, 0.1) is 5.92 Å². The van der Waals surface area contributed by atoms with Gasteiger partial charge in [-0.05, 0) is 24.6 Å². The van der Waals surface area contributed by atoms with Crippen LogP contribution in [0.25, 0.3) is 0 Å². The van der Waals surface area contributed by atoms with Crippen LogP contribution >= 0.6 is 15.9 Å². The highest BCUT2D eigenvalue weighted by atomic mass is 79.9. The van der Waals surface area contributed by atoms with Gasteiger partial charge in [-0.2, -0.15) is 0 Å². The number of hydrogen-bond acceptors (Lipinski definition) is 3. The fourth-order valence-electron chi connectivity index (χ4n) is 2.92. The summed E-state index contributed by atoms with van der Waals surface area (Å²) in [4.78, 5) is 28.6. The topological polar surface area (TPSA) is 52.7 Å². The van der Waals surface area contributed by atoms with E-state index in [2.05, 4.69) is 21.2 Å². The maximum absolute atomic E-state index is 12.5. The third-order valence-corrected chi connectivity index (χ3v) is 4.55. The Balaban J connectivity index is 1.72. The average Bonchev–Trinajstić information content (AvgIpc) is 2.89. The quantitative estimate of drug-likeness (QED) is 0.815. The molecule has 2 saturated heterocycles. The van der Waals surface area contributed by atoms with Crippen molar-refractivity contribution in [1.29, 1.82) is 0 Å². The highest BCUT2D eigenvalue weighted by molar-refractivity contribution is 9.10. The molecule has 2 fully saturated rings. The number of carbonyl (C=O) groups is 2. The Bertz CT molecular complexity index is 558. The number of carbonyl (C=O) groups excluding carboxylic acids is 2. The molecular weight excluding hydrogens is 334 g/mol. The lowest BCUT2D eigenvalue weighted by atomic mass is 10.1. The van der Waals surface area contributed by atoms with Crippen LogP contribution < -0.4 is 10.2 Å². The number of nitrogens with zero attached hydrogens (tertiary/aromatic N) is 2. The van der Waals surface area contributed by atoms with E-state index in [0.717, 1.165) is 23.2 Å². The third kappa shape index (κ3) is 2.96. The van der Waals surface area contributed by atoms with Crippen LogP contribution in [0.15, 0.2) is 28.7 Å². The zero-order chi connectivity index (χ0) is 14.8. The average molecular weight is 352 g/mol. The van der Waals surface area contributed by atoms with Crippen LogP contribution in [0.4, 0.5) is 5.69 Å². The first-order valence-corrected chi connectivity index (χ1v) is 8.02. The zero-order valence-electron chi connectivity index (χ0n) is 11.7. The summed E-state index contributed by atoms with van der Waals surface area (Å²) in [5.74, 6) is -0.599. The van der Waals surface area contributed by atoms with E-state index >= 15 is 0 Å². The molecule has 0 spiro atoms. The van der Waals surface area contributed by atoms with Gasteiger partial charge >= 0.3 is 0 Å². The molecule has 1 aromatic carbocycles. The van der Waals surface area contributed by atoms with E-state index in [9.17, 15) is 9.59 Å². The maximum Gasteiger partial charge on any atom is 0.239 e. The number of anilines is 1. The normalized spacial score (nSPS) is 22.7. The van der Waals surface area contributed by atoms with Crippen molar-refractivity contribution in [2.75, 3.05) is 37.6 Å². The van der Waals surface area contributed by atoms with E-state index in [1.807, 2.05) is 29.2 Å². The van der Waals surface area contributed by atoms with E-state index in [1.54, 1.807) is 4.90 Å². The van der Waals surface area contributed by atoms with Crippen LogP contribution in [-0.4, -0.2) is 49.4 Å². The minimum Gasteiger partial charge on any atom is -0.339 e. The summed E-state index contributed by atoms with van der Waals surface area (Å²) in [6.07, 6.45) is 0.605. The second-order valence-corrected chi connectivity index (χ2v) is 6.30. The van der Waals surface area contributed by atoms with Crippen molar-refractivity contribution in [2.45, 2.75) is 6.42 Å². The van der Waals surface area contributed by atoms with Gasteiger partial charge in [0.25, 0.3) is 0 Å². The van der Waals surface area contributed by atoms with Crippen LogP contribution in [-0.2, 0) is 9.59 Å². The second-order valence-electron chi connectivity index (χ2n) is 5.39. The summed E-state index contributed by atoms with van der Waals surface area (Å²) in [6.45, 7) is 3.61. The van der Waals surface area contributed by atoms with Crippen molar-refractivity contribution >= 4 is 33.4 Å². The first-order valence-electron chi connectivity index (χ1n) is 7.23. The fraction of sp³-hybridized carbons (Fsp3) is 0.467. The lowest BCUT2D eigenvalue weighted by Crippen LogP contribution is -2.49. The third-order valence-electron chi connectivity index (χ3n) is 4.05. The summed E-state index contributed by atoms with van der Waals surface area (Å²) in [5, 5.41) is 3.22. The molecule has 112 valence electrons. The molecule has 21 heavy (non-hydrogen) atoms. The molecule has 0 aromatic heterocycles. The molecule has 2 amide bonds. The smallest absolute Gasteiger partial charge is 0.239 e. The number of rotatable bonds is 2. The predicted octanol–water partition coefficient (Wildman–Crippen LogP) is 1.23. The van der Waals surface area contributed by atoms with Gasteiger partial charge in [-0.15, -0.1) is 0 Å². The maximum atomic E-state index is 12.5. The first-order chi connectivity index (χ1) is 10.2. The molecule has 0 radical (unpaired) electrons. The number of piperazine rings is 1. The van der Waals surface area contributed by atoms with Gasteiger partial charge in [-0.3, -0.25) is 9.59 Å². The molecule has 2 heterocycles. The summed E-state index contributed by atoms with van der Waals surface area (Å²) < 4.78 is 0.935. The van der Waals surface area contributed by atoms with Gasteiger partial charge in [0.1, 0.15) is 5.92 Å². The molecule has 2 aliphatic rings. The minimum absolute atomic E-state index is 0.0148. The van der Waals surface area contributed by atoms with E-state index in [0.29, 0.717) is 26.1 Å². The number of benzene rings is 1. The number of halogens is 1. The predicted molar refractivity (Wildman–Crippen MR) is 84.1 cm³/mol. The standard InChI is InChI=1S/C15H18BrN3O2/c16-11-2-1-3-12(10-11)19-7-4-13(15(19)21)14(20)18-8-5-17-6-9-18/h1-3,10,13,17H,4-9H2.